The van der Waals surface area contributed by atoms with Gasteiger partial charge in [-0.05, 0) is 35.4 Å². The molecule has 0 amide bonds. The van der Waals surface area contributed by atoms with Crippen molar-refractivity contribution < 1.29 is 18.9 Å². The molecule has 32 heavy (non-hydrogen) atoms. The number of guanidine groups is 1. The molecule has 2 aromatic carbocycles. The highest BCUT2D eigenvalue weighted by Crippen LogP contribution is 2.38. The van der Waals surface area contributed by atoms with Gasteiger partial charge in [0.1, 0.15) is 5.75 Å². The van der Waals surface area contributed by atoms with Gasteiger partial charge in [0, 0.05) is 46.3 Å². The fourth-order valence-electron chi connectivity index (χ4n) is 3.90. The molecule has 0 spiro atoms. The van der Waals surface area contributed by atoms with Crippen LogP contribution in [0.2, 0.25) is 0 Å². The first-order valence-electron chi connectivity index (χ1n) is 10.7. The van der Waals surface area contributed by atoms with Crippen LogP contribution >= 0.6 is 0 Å². The predicted molar refractivity (Wildman–Crippen MR) is 126 cm³/mol. The average Bonchev–Trinajstić information content (AvgIpc) is 2.84. The Labute approximate surface area is 190 Å². The minimum atomic E-state index is 0.620. The molecule has 174 valence electrons. The molecule has 1 heterocycles. The van der Waals surface area contributed by atoms with Crippen LogP contribution in [0, 0.1) is 0 Å². The third-order valence-electron chi connectivity index (χ3n) is 5.60. The lowest BCUT2D eigenvalue weighted by Gasteiger charge is -2.36. The molecule has 0 saturated carbocycles. The van der Waals surface area contributed by atoms with E-state index in [1.54, 1.807) is 28.4 Å². The normalized spacial score (nSPS) is 14.8. The van der Waals surface area contributed by atoms with Crippen LogP contribution in [0.15, 0.2) is 41.4 Å². The zero-order chi connectivity index (χ0) is 22.9. The Morgan fingerprint density at radius 2 is 1.56 bits per heavy atom. The molecule has 1 N–H and O–H groups in total. The third-order valence-corrected chi connectivity index (χ3v) is 5.60. The van der Waals surface area contributed by atoms with Crippen LogP contribution in [-0.4, -0.2) is 77.4 Å². The fraction of sp³-hybridized carbons (Fsp3) is 0.458. The number of nitrogens with zero attached hydrogens (tertiary/aromatic N) is 3. The van der Waals surface area contributed by atoms with E-state index in [0.29, 0.717) is 23.8 Å². The van der Waals surface area contributed by atoms with Crippen molar-refractivity contribution in [2.75, 3.05) is 61.7 Å². The molecule has 8 heteroatoms. The standard InChI is InChI=1S/C24H34N4O4/c1-25-24(26-16-18-7-6-8-20(13-18)29-2)28-11-9-27(10-12-28)17-19-14-21(30-3)23(32-5)22(15-19)31-4/h6-8,13-15H,9-12,16-17H2,1-5H3,(H,25,26). The summed E-state index contributed by atoms with van der Waals surface area (Å²) < 4.78 is 21.7. The summed E-state index contributed by atoms with van der Waals surface area (Å²) >= 11 is 0. The molecular weight excluding hydrogens is 408 g/mol. The molecule has 0 atom stereocenters. The van der Waals surface area contributed by atoms with Gasteiger partial charge in [0.2, 0.25) is 5.75 Å². The molecule has 8 nitrogen and oxygen atoms in total. The van der Waals surface area contributed by atoms with Crippen LogP contribution in [0.1, 0.15) is 11.1 Å². The highest BCUT2D eigenvalue weighted by atomic mass is 16.5. The SMILES string of the molecule is CN=C(NCc1cccc(OC)c1)N1CCN(Cc2cc(OC)c(OC)c(OC)c2)CC1. The van der Waals surface area contributed by atoms with Crippen molar-refractivity contribution in [3.8, 4) is 23.0 Å². The van der Waals surface area contributed by atoms with Crippen LogP contribution in [0.5, 0.6) is 23.0 Å². The number of rotatable bonds is 8. The van der Waals surface area contributed by atoms with Crippen molar-refractivity contribution >= 4 is 5.96 Å². The van der Waals surface area contributed by atoms with Gasteiger partial charge in [-0.2, -0.15) is 0 Å². The maximum Gasteiger partial charge on any atom is 0.203 e. The number of hydrogen-bond donors (Lipinski definition) is 1. The van der Waals surface area contributed by atoms with Crippen molar-refractivity contribution in [1.29, 1.82) is 0 Å². The summed E-state index contributed by atoms with van der Waals surface area (Å²) in [7, 11) is 8.42. The van der Waals surface area contributed by atoms with E-state index >= 15 is 0 Å². The second-order valence-corrected chi connectivity index (χ2v) is 7.55. The Morgan fingerprint density at radius 1 is 0.875 bits per heavy atom. The Bertz CT molecular complexity index is 886. The quantitative estimate of drug-likeness (QED) is 0.498. The van der Waals surface area contributed by atoms with Crippen molar-refractivity contribution in [3.63, 3.8) is 0 Å². The number of methoxy groups -OCH3 is 4. The van der Waals surface area contributed by atoms with Crippen molar-refractivity contribution in [2.24, 2.45) is 4.99 Å². The largest absolute Gasteiger partial charge is 0.497 e. The zero-order valence-electron chi connectivity index (χ0n) is 19.7. The topological polar surface area (TPSA) is 67.8 Å². The Kier molecular flexibility index (Phi) is 8.44. The first kappa shape index (κ1) is 23.5. The molecule has 1 aliphatic heterocycles. The van der Waals surface area contributed by atoms with E-state index in [2.05, 4.69) is 26.2 Å². The second-order valence-electron chi connectivity index (χ2n) is 7.55. The lowest BCUT2D eigenvalue weighted by Crippen LogP contribution is -2.52. The Hall–Kier alpha value is -3.13. The van der Waals surface area contributed by atoms with E-state index in [0.717, 1.165) is 55.6 Å². The summed E-state index contributed by atoms with van der Waals surface area (Å²) in [5, 5.41) is 3.47. The maximum absolute atomic E-state index is 5.49. The van der Waals surface area contributed by atoms with Gasteiger partial charge in [0.05, 0.1) is 28.4 Å². The van der Waals surface area contributed by atoms with E-state index in [9.17, 15) is 0 Å². The Morgan fingerprint density at radius 3 is 2.12 bits per heavy atom. The molecule has 0 bridgehead atoms. The van der Waals surface area contributed by atoms with Crippen molar-refractivity contribution in [3.05, 3.63) is 47.5 Å². The minimum Gasteiger partial charge on any atom is -0.497 e. The van der Waals surface area contributed by atoms with Crippen LogP contribution in [-0.2, 0) is 13.1 Å². The van der Waals surface area contributed by atoms with Gasteiger partial charge in [0.25, 0.3) is 0 Å². The van der Waals surface area contributed by atoms with Crippen LogP contribution in [0.25, 0.3) is 0 Å². The highest BCUT2D eigenvalue weighted by Gasteiger charge is 2.21. The summed E-state index contributed by atoms with van der Waals surface area (Å²) in [6.45, 7) is 5.22. The molecule has 0 aromatic heterocycles. The van der Waals surface area contributed by atoms with Gasteiger partial charge in [-0.25, -0.2) is 0 Å². The van der Waals surface area contributed by atoms with Gasteiger partial charge in [-0.1, -0.05) is 12.1 Å². The van der Waals surface area contributed by atoms with Gasteiger partial charge < -0.3 is 29.2 Å². The first-order chi connectivity index (χ1) is 15.6. The summed E-state index contributed by atoms with van der Waals surface area (Å²) in [5.41, 5.74) is 2.29. The molecule has 0 aliphatic carbocycles. The van der Waals surface area contributed by atoms with Crippen LogP contribution in [0.4, 0.5) is 0 Å². The first-order valence-corrected chi connectivity index (χ1v) is 10.7. The fourth-order valence-corrected chi connectivity index (χ4v) is 3.90. The second kappa shape index (κ2) is 11.5. The van der Waals surface area contributed by atoms with E-state index in [1.807, 2.05) is 37.4 Å². The average molecular weight is 443 g/mol. The van der Waals surface area contributed by atoms with Gasteiger partial charge in [-0.15, -0.1) is 0 Å². The number of nitrogens with one attached hydrogen (secondary N) is 1. The molecule has 1 aliphatic rings. The van der Waals surface area contributed by atoms with Crippen LogP contribution in [0.3, 0.4) is 0 Å². The molecular formula is C24H34N4O4. The zero-order valence-corrected chi connectivity index (χ0v) is 19.7. The van der Waals surface area contributed by atoms with E-state index < -0.39 is 0 Å². The molecule has 0 radical (unpaired) electrons. The van der Waals surface area contributed by atoms with Gasteiger partial charge in [0.15, 0.2) is 17.5 Å². The lowest BCUT2D eigenvalue weighted by atomic mass is 10.1. The number of ether oxygens (including phenoxy) is 4. The summed E-state index contributed by atoms with van der Waals surface area (Å²) in [6, 6.07) is 12.1. The summed E-state index contributed by atoms with van der Waals surface area (Å²) in [4.78, 5) is 9.20. The molecule has 1 fully saturated rings. The molecule has 1 saturated heterocycles. The van der Waals surface area contributed by atoms with E-state index in [4.69, 9.17) is 18.9 Å². The molecule has 2 aromatic rings. The monoisotopic (exact) mass is 442 g/mol. The van der Waals surface area contributed by atoms with Crippen molar-refractivity contribution in [1.82, 2.24) is 15.1 Å². The smallest absolute Gasteiger partial charge is 0.203 e. The maximum atomic E-state index is 5.49. The lowest BCUT2D eigenvalue weighted by molar-refractivity contribution is 0.172. The third kappa shape index (κ3) is 5.76. The number of aliphatic imine (C=N–C) groups is 1. The van der Waals surface area contributed by atoms with Crippen molar-refractivity contribution in [2.45, 2.75) is 13.1 Å². The number of benzene rings is 2. The minimum absolute atomic E-state index is 0.620. The number of hydrogen-bond acceptors (Lipinski definition) is 6. The summed E-state index contributed by atoms with van der Waals surface area (Å²) in [5.74, 6) is 3.76. The van der Waals surface area contributed by atoms with E-state index in [-0.39, 0.29) is 0 Å². The highest BCUT2D eigenvalue weighted by molar-refractivity contribution is 5.80. The van der Waals surface area contributed by atoms with Gasteiger partial charge >= 0.3 is 0 Å². The van der Waals surface area contributed by atoms with E-state index in [1.165, 1.54) is 0 Å². The number of piperazine rings is 1. The Balaban J connectivity index is 1.56. The molecule has 0 unspecified atom stereocenters. The van der Waals surface area contributed by atoms with Gasteiger partial charge in [-0.3, -0.25) is 9.89 Å². The molecule has 3 rings (SSSR count). The predicted octanol–water partition coefficient (Wildman–Crippen LogP) is 2.61. The summed E-state index contributed by atoms with van der Waals surface area (Å²) in [6.07, 6.45) is 0. The van der Waals surface area contributed by atoms with Crippen LogP contribution < -0.4 is 24.3 Å².